The molecule has 0 radical (unpaired) electrons. The van der Waals surface area contributed by atoms with E-state index in [2.05, 4.69) is 20.6 Å². The van der Waals surface area contributed by atoms with Gasteiger partial charge < -0.3 is 10.6 Å². The van der Waals surface area contributed by atoms with Crippen LogP contribution in [0.15, 0.2) is 60.9 Å². The molecule has 1 aromatic heterocycles. The molecule has 0 fully saturated rings. The second-order valence-electron chi connectivity index (χ2n) is 5.91. The molecular weight excluding hydrogens is 312 g/mol. The third-order valence-corrected chi connectivity index (χ3v) is 3.84. The predicted octanol–water partition coefficient (Wildman–Crippen LogP) is 3.96. The Morgan fingerprint density at radius 1 is 1.00 bits per heavy atom. The van der Waals surface area contributed by atoms with Gasteiger partial charge in [0.25, 0.3) is 5.91 Å². The summed E-state index contributed by atoms with van der Waals surface area (Å²) in [6, 6.07) is 15.9. The first-order chi connectivity index (χ1) is 12.1. The van der Waals surface area contributed by atoms with E-state index in [1.54, 1.807) is 0 Å². The Bertz CT molecular complexity index is 861. The SMILES string of the molecule is Cc1ccc(NC(=O)c2cnc(NCc3ccccc3)nc2)c(C)c1. The number of carbonyl (C=O) groups is 1. The van der Waals surface area contributed by atoms with Gasteiger partial charge in [-0.25, -0.2) is 9.97 Å². The Balaban J connectivity index is 1.62. The minimum absolute atomic E-state index is 0.221. The Hall–Kier alpha value is -3.21. The Labute approximate surface area is 147 Å². The maximum absolute atomic E-state index is 12.3. The molecule has 1 heterocycles. The number of aryl methyl sites for hydroxylation is 2. The summed E-state index contributed by atoms with van der Waals surface area (Å²) in [4.78, 5) is 20.8. The fourth-order valence-corrected chi connectivity index (χ4v) is 2.46. The van der Waals surface area contributed by atoms with Crippen LogP contribution in [0.4, 0.5) is 11.6 Å². The van der Waals surface area contributed by atoms with Gasteiger partial charge in [-0.1, -0.05) is 48.0 Å². The van der Waals surface area contributed by atoms with Crippen LogP contribution in [-0.4, -0.2) is 15.9 Å². The first-order valence-electron chi connectivity index (χ1n) is 8.10. The van der Waals surface area contributed by atoms with Crippen LogP contribution in [0.3, 0.4) is 0 Å². The van der Waals surface area contributed by atoms with Crippen LogP contribution in [0.1, 0.15) is 27.0 Å². The topological polar surface area (TPSA) is 66.9 Å². The highest BCUT2D eigenvalue weighted by Gasteiger charge is 2.09. The standard InChI is InChI=1S/C20H20N4O/c1-14-8-9-18(15(2)10-14)24-19(25)17-12-22-20(23-13-17)21-11-16-6-4-3-5-7-16/h3-10,12-13H,11H2,1-2H3,(H,24,25)(H,21,22,23). The number of benzene rings is 2. The van der Waals surface area contributed by atoms with Crippen LogP contribution in [0.25, 0.3) is 0 Å². The minimum atomic E-state index is -0.221. The zero-order chi connectivity index (χ0) is 17.6. The van der Waals surface area contributed by atoms with E-state index in [4.69, 9.17) is 0 Å². The lowest BCUT2D eigenvalue weighted by Gasteiger charge is -2.09. The Morgan fingerprint density at radius 2 is 1.72 bits per heavy atom. The summed E-state index contributed by atoms with van der Waals surface area (Å²) >= 11 is 0. The molecule has 1 amide bonds. The molecule has 5 nitrogen and oxygen atoms in total. The molecular formula is C20H20N4O. The van der Waals surface area contributed by atoms with E-state index in [9.17, 15) is 4.79 Å². The summed E-state index contributed by atoms with van der Waals surface area (Å²) in [6.07, 6.45) is 3.05. The van der Waals surface area contributed by atoms with Gasteiger partial charge in [0.05, 0.1) is 5.56 Å². The summed E-state index contributed by atoms with van der Waals surface area (Å²) in [5.74, 6) is 0.272. The number of anilines is 2. The van der Waals surface area contributed by atoms with E-state index in [-0.39, 0.29) is 5.91 Å². The summed E-state index contributed by atoms with van der Waals surface area (Å²) < 4.78 is 0. The highest BCUT2D eigenvalue weighted by atomic mass is 16.1. The maximum atomic E-state index is 12.3. The van der Waals surface area contributed by atoms with E-state index in [1.165, 1.54) is 12.4 Å². The zero-order valence-corrected chi connectivity index (χ0v) is 14.3. The largest absolute Gasteiger partial charge is 0.350 e. The van der Waals surface area contributed by atoms with Crippen molar-refractivity contribution >= 4 is 17.5 Å². The van der Waals surface area contributed by atoms with Crippen molar-refractivity contribution in [1.82, 2.24) is 9.97 Å². The van der Waals surface area contributed by atoms with E-state index >= 15 is 0 Å². The van der Waals surface area contributed by atoms with Crippen LogP contribution < -0.4 is 10.6 Å². The lowest BCUT2D eigenvalue weighted by atomic mass is 10.1. The zero-order valence-electron chi connectivity index (χ0n) is 14.3. The average Bonchev–Trinajstić information content (AvgIpc) is 2.63. The van der Waals surface area contributed by atoms with Gasteiger partial charge in [0, 0.05) is 24.6 Å². The molecule has 25 heavy (non-hydrogen) atoms. The average molecular weight is 332 g/mol. The van der Waals surface area contributed by atoms with Gasteiger partial charge in [-0.2, -0.15) is 0 Å². The number of nitrogens with one attached hydrogen (secondary N) is 2. The van der Waals surface area contributed by atoms with Gasteiger partial charge in [0.2, 0.25) is 5.95 Å². The lowest BCUT2D eigenvalue weighted by Crippen LogP contribution is -2.14. The van der Waals surface area contributed by atoms with Gasteiger partial charge in [-0.05, 0) is 31.0 Å². The fourth-order valence-electron chi connectivity index (χ4n) is 2.46. The number of aromatic nitrogens is 2. The smallest absolute Gasteiger partial charge is 0.258 e. The fraction of sp³-hybridized carbons (Fsp3) is 0.150. The molecule has 3 aromatic rings. The summed E-state index contributed by atoms with van der Waals surface area (Å²) in [5, 5.41) is 6.03. The second kappa shape index (κ2) is 7.57. The third kappa shape index (κ3) is 4.41. The van der Waals surface area contributed by atoms with Crippen LogP contribution in [0.5, 0.6) is 0 Å². The van der Waals surface area contributed by atoms with E-state index in [0.29, 0.717) is 18.1 Å². The molecule has 2 N–H and O–H groups in total. The molecule has 0 atom stereocenters. The molecule has 0 spiro atoms. The maximum Gasteiger partial charge on any atom is 0.258 e. The Morgan fingerprint density at radius 3 is 2.40 bits per heavy atom. The second-order valence-corrected chi connectivity index (χ2v) is 5.91. The van der Waals surface area contributed by atoms with Gasteiger partial charge in [-0.3, -0.25) is 4.79 Å². The highest BCUT2D eigenvalue weighted by Crippen LogP contribution is 2.17. The van der Waals surface area contributed by atoms with Crippen molar-refractivity contribution in [1.29, 1.82) is 0 Å². The molecule has 0 unspecified atom stereocenters. The molecule has 0 aliphatic carbocycles. The van der Waals surface area contributed by atoms with E-state index < -0.39 is 0 Å². The molecule has 2 aromatic carbocycles. The predicted molar refractivity (Wildman–Crippen MR) is 99.7 cm³/mol. The molecule has 0 saturated carbocycles. The highest BCUT2D eigenvalue weighted by molar-refractivity contribution is 6.04. The van der Waals surface area contributed by atoms with Crippen molar-refractivity contribution < 1.29 is 4.79 Å². The van der Waals surface area contributed by atoms with Crippen molar-refractivity contribution in [2.45, 2.75) is 20.4 Å². The van der Waals surface area contributed by atoms with Gasteiger partial charge in [0.15, 0.2) is 0 Å². The van der Waals surface area contributed by atoms with Crippen molar-refractivity contribution in [3.8, 4) is 0 Å². The third-order valence-electron chi connectivity index (χ3n) is 3.84. The monoisotopic (exact) mass is 332 g/mol. The number of nitrogens with zero attached hydrogens (tertiary/aromatic N) is 2. The van der Waals surface area contributed by atoms with Gasteiger partial charge in [-0.15, -0.1) is 0 Å². The van der Waals surface area contributed by atoms with E-state index in [1.807, 2.05) is 62.4 Å². The van der Waals surface area contributed by atoms with Crippen LogP contribution in [0, 0.1) is 13.8 Å². The number of hydrogen-bond donors (Lipinski definition) is 2. The minimum Gasteiger partial charge on any atom is -0.350 e. The molecule has 5 heteroatoms. The quantitative estimate of drug-likeness (QED) is 0.742. The molecule has 0 saturated heterocycles. The summed E-state index contributed by atoms with van der Waals surface area (Å²) in [6.45, 7) is 4.62. The number of amides is 1. The first-order valence-corrected chi connectivity index (χ1v) is 8.10. The Kier molecular flexibility index (Phi) is 5.04. The van der Waals surface area contributed by atoms with Crippen LogP contribution in [-0.2, 0) is 6.54 Å². The van der Waals surface area contributed by atoms with Crippen molar-refractivity contribution in [2.75, 3.05) is 10.6 Å². The van der Waals surface area contributed by atoms with Crippen LogP contribution in [0.2, 0.25) is 0 Å². The number of rotatable bonds is 5. The van der Waals surface area contributed by atoms with Gasteiger partial charge in [0.1, 0.15) is 0 Å². The van der Waals surface area contributed by atoms with Gasteiger partial charge >= 0.3 is 0 Å². The molecule has 0 bridgehead atoms. The molecule has 0 aliphatic rings. The van der Waals surface area contributed by atoms with Crippen LogP contribution >= 0.6 is 0 Å². The lowest BCUT2D eigenvalue weighted by molar-refractivity contribution is 0.102. The first kappa shape index (κ1) is 16.6. The van der Waals surface area contributed by atoms with E-state index in [0.717, 1.165) is 22.4 Å². The number of carbonyl (C=O) groups excluding carboxylic acids is 1. The van der Waals surface area contributed by atoms with Crippen molar-refractivity contribution in [3.05, 3.63) is 83.2 Å². The summed E-state index contributed by atoms with van der Waals surface area (Å²) in [5.41, 5.74) is 4.54. The molecule has 126 valence electrons. The normalized spacial score (nSPS) is 10.3. The summed E-state index contributed by atoms with van der Waals surface area (Å²) in [7, 11) is 0. The molecule has 3 rings (SSSR count). The van der Waals surface area contributed by atoms with Crippen molar-refractivity contribution in [2.24, 2.45) is 0 Å². The van der Waals surface area contributed by atoms with Crippen molar-refractivity contribution in [3.63, 3.8) is 0 Å². The number of hydrogen-bond acceptors (Lipinski definition) is 4. The molecule has 0 aliphatic heterocycles.